The van der Waals surface area contributed by atoms with Crippen LogP contribution in [0.15, 0.2) is 36.5 Å². The van der Waals surface area contributed by atoms with Crippen LogP contribution in [0.2, 0.25) is 0 Å². The number of aromatic nitrogens is 4. The molecule has 3 heterocycles. The van der Waals surface area contributed by atoms with Gasteiger partial charge >= 0.3 is 6.18 Å². The van der Waals surface area contributed by atoms with Gasteiger partial charge in [0.25, 0.3) is 5.91 Å². The maximum absolute atomic E-state index is 13.7. The maximum atomic E-state index is 13.7. The summed E-state index contributed by atoms with van der Waals surface area (Å²) in [5.41, 5.74) is -1.71. The monoisotopic (exact) mass is 421 g/mol. The summed E-state index contributed by atoms with van der Waals surface area (Å²) in [4.78, 5) is 12.6. The molecular weight excluding hydrogens is 407 g/mol. The molecule has 1 aliphatic heterocycles. The van der Waals surface area contributed by atoms with E-state index in [1.807, 2.05) is 0 Å². The van der Waals surface area contributed by atoms with Crippen LogP contribution >= 0.6 is 0 Å². The number of benzene rings is 1. The highest BCUT2D eigenvalue weighted by atomic mass is 19.4. The predicted octanol–water partition coefficient (Wildman–Crippen LogP) is 2.71. The number of amides is 1. The van der Waals surface area contributed by atoms with Crippen LogP contribution in [-0.4, -0.2) is 46.2 Å². The first kappa shape index (κ1) is 19.5. The van der Waals surface area contributed by atoms with Gasteiger partial charge in [0.2, 0.25) is 5.88 Å². The molecular formula is C18H14F3N5O4. The van der Waals surface area contributed by atoms with Gasteiger partial charge in [0.05, 0.1) is 18.9 Å². The van der Waals surface area contributed by atoms with Gasteiger partial charge in [0.15, 0.2) is 23.0 Å². The lowest BCUT2D eigenvalue weighted by molar-refractivity contribution is -0.143. The first-order chi connectivity index (χ1) is 14.4. The van der Waals surface area contributed by atoms with Crippen molar-refractivity contribution in [3.63, 3.8) is 0 Å². The molecule has 12 heteroatoms. The van der Waals surface area contributed by atoms with Crippen molar-refractivity contribution >= 4 is 11.6 Å². The molecule has 1 aliphatic rings. The average Bonchev–Trinajstić information content (AvgIpc) is 3.20. The minimum absolute atomic E-state index is 0.121. The highest BCUT2D eigenvalue weighted by Gasteiger charge is 2.41. The number of hydrogen-bond donors (Lipinski definition) is 1. The molecule has 4 rings (SSSR count). The molecule has 0 aliphatic carbocycles. The van der Waals surface area contributed by atoms with E-state index in [9.17, 15) is 18.0 Å². The molecule has 0 unspecified atom stereocenters. The molecule has 0 atom stereocenters. The zero-order chi connectivity index (χ0) is 21.3. The van der Waals surface area contributed by atoms with Crippen molar-refractivity contribution in [1.82, 2.24) is 20.0 Å². The van der Waals surface area contributed by atoms with Crippen LogP contribution in [0.4, 0.5) is 18.9 Å². The van der Waals surface area contributed by atoms with Crippen molar-refractivity contribution in [3.05, 3.63) is 47.8 Å². The number of fused-ring (bicyclic) bond motifs is 1. The van der Waals surface area contributed by atoms with Gasteiger partial charge in [-0.1, -0.05) is 0 Å². The van der Waals surface area contributed by atoms with E-state index < -0.39 is 23.3 Å². The van der Waals surface area contributed by atoms with Gasteiger partial charge in [-0.25, -0.2) is 4.68 Å². The van der Waals surface area contributed by atoms with Crippen LogP contribution in [0, 0.1) is 0 Å². The third-order valence-electron chi connectivity index (χ3n) is 4.13. The second-order valence-electron chi connectivity index (χ2n) is 6.06. The number of nitrogens with zero attached hydrogens (tertiary/aromatic N) is 4. The van der Waals surface area contributed by atoms with Crippen molar-refractivity contribution in [2.45, 2.75) is 6.18 Å². The number of alkyl halides is 3. The van der Waals surface area contributed by atoms with Crippen LogP contribution in [-0.2, 0) is 6.18 Å². The lowest BCUT2D eigenvalue weighted by Crippen LogP contribution is -2.21. The van der Waals surface area contributed by atoms with Gasteiger partial charge in [-0.05, 0) is 18.2 Å². The number of nitrogens with one attached hydrogen (secondary N) is 1. The smallest absolute Gasteiger partial charge is 0.434 e. The van der Waals surface area contributed by atoms with Crippen LogP contribution in [0.5, 0.6) is 17.4 Å². The molecule has 0 spiro atoms. The average molecular weight is 421 g/mol. The molecule has 156 valence electrons. The fourth-order valence-electron chi connectivity index (χ4n) is 2.82. The van der Waals surface area contributed by atoms with Crippen molar-refractivity contribution in [3.8, 4) is 23.2 Å². The highest BCUT2D eigenvalue weighted by Crippen LogP contribution is 2.35. The number of methoxy groups -OCH3 is 1. The van der Waals surface area contributed by atoms with Crippen molar-refractivity contribution < 1.29 is 32.2 Å². The number of hydrogen-bond acceptors (Lipinski definition) is 7. The Hall–Kier alpha value is -3.83. The summed E-state index contributed by atoms with van der Waals surface area (Å²) >= 11 is 0. The molecule has 2 aromatic heterocycles. The first-order valence-corrected chi connectivity index (χ1v) is 8.61. The third-order valence-corrected chi connectivity index (χ3v) is 4.13. The molecule has 0 saturated carbocycles. The molecule has 0 fully saturated rings. The maximum Gasteiger partial charge on any atom is 0.434 e. The van der Waals surface area contributed by atoms with Crippen LogP contribution in [0.3, 0.4) is 0 Å². The van der Waals surface area contributed by atoms with Gasteiger partial charge in [-0.3, -0.25) is 4.79 Å². The minimum Gasteiger partial charge on any atom is -0.486 e. The molecule has 9 nitrogen and oxygen atoms in total. The lowest BCUT2D eigenvalue weighted by atomic mass is 10.2. The fourth-order valence-corrected chi connectivity index (χ4v) is 2.82. The largest absolute Gasteiger partial charge is 0.486 e. The van der Waals surface area contributed by atoms with Crippen molar-refractivity contribution in [2.75, 3.05) is 25.6 Å². The van der Waals surface area contributed by atoms with Crippen molar-refractivity contribution in [1.29, 1.82) is 0 Å². The van der Waals surface area contributed by atoms with Crippen molar-refractivity contribution in [2.24, 2.45) is 0 Å². The molecule has 1 amide bonds. The number of halogens is 3. The number of ether oxygens (including phenoxy) is 3. The quantitative estimate of drug-likeness (QED) is 0.691. The normalized spacial score (nSPS) is 13.1. The number of anilines is 1. The first-order valence-electron chi connectivity index (χ1n) is 8.61. The van der Waals surface area contributed by atoms with Gasteiger partial charge < -0.3 is 19.5 Å². The second-order valence-corrected chi connectivity index (χ2v) is 6.06. The zero-order valence-corrected chi connectivity index (χ0v) is 15.4. The zero-order valence-electron chi connectivity index (χ0n) is 15.4. The molecule has 0 bridgehead atoms. The molecule has 30 heavy (non-hydrogen) atoms. The number of carbonyl (C=O) groups is 1. The Labute approximate surface area is 167 Å². The summed E-state index contributed by atoms with van der Waals surface area (Å²) in [7, 11) is 1.35. The highest BCUT2D eigenvalue weighted by molar-refractivity contribution is 6.05. The van der Waals surface area contributed by atoms with E-state index >= 15 is 0 Å². The molecule has 1 aromatic carbocycles. The number of carbonyl (C=O) groups excluding carboxylic acids is 1. The Kier molecular flexibility index (Phi) is 4.90. The lowest BCUT2D eigenvalue weighted by Gasteiger charge is -2.19. The van der Waals surface area contributed by atoms with Crippen LogP contribution in [0.25, 0.3) is 5.82 Å². The van der Waals surface area contributed by atoms with E-state index in [2.05, 4.69) is 20.6 Å². The summed E-state index contributed by atoms with van der Waals surface area (Å²) in [5, 5.41) is 13.4. The Morgan fingerprint density at radius 2 is 1.90 bits per heavy atom. The Balaban J connectivity index is 1.66. The van der Waals surface area contributed by atoms with E-state index in [1.54, 1.807) is 6.07 Å². The van der Waals surface area contributed by atoms with E-state index in [-0.39, 0.29) is 17.4 Å². The second kappa shape index (κ2) is 7.54. The topological polar surface area (TPSA) is 100 Å². The number of rotatable bonds is 4. The summed E-state index contributed by atoms with van der Waals surface area (Å²) < 4.78 is 57.4. The van der Waals surface area contributed by atoms with E-state index in [0.29, 0.717) is 29.4 Å². The summed E-state index contributed by atoms with van der Waals surface area (Å²) in [6.45, 7) is 0.722. The summed E-state index contributed by atoms with van der Waals surface area (Å²) in [6, 6.07) is 7.11. The Morgan fingerprint density at radius 1 is 1.13 bits per heavy atom. The fraction of sp³-hybridized carbons (Fsp3) is 0.222. The van der Waals surface area contributed by atoms with Gasteiger partial charge in [-0.2, -0.15) is 18.3 Å². The van der Waals surface area contributed by atoms with E-state index in [1.165, 1.54) is 31.4 Å². The van der Waals surface area contributed by atoms with Gasteiger partial charge in [-0.15, -0.1) is 10.2 Å². The Bertz CT molecular complexity index is 1080. The summed E-state index contributed by atoms with van der Waals surface area (Å²) in [5.74, 6) is -0.218. The predicted molar refractivity (Wildman–Crippen MR) is 96.1 cm³/mol. The van der Waals surface area contributed by atoms with Crippen LogP contribution < -0.4 is 19.5 Å². The molecule has 1 N–H and O–H groups in total. The SMILES string of the molecule is COc1ccc(-n2ncc(C(=O)Nc3ccc4c(c3)OCCO4)c2C(F)(F)F)nn1. The molecule has 0 saturated heterocycles. The standard InChI is InChI=1S/C18H14F3N5O4/c1-28-15-5-4-14(24-25-15)26-16(18(19,20)21)11(9-22-26)17(27)23-10-2-3-12-13(8-10)30-7-6-29-12/h2-5,8-9H,6-7H2,1H3,(H,23,27). The molecule has 3 aromatic rings. The third kappa shape index (κ3) is 3.71. The minimum atomic E-state index is -4.88. The Morgan fingerprint density at radius 3 is 2.57 bits per heavy atom. The van der Waals surface area contributed by atoms with E-state index in [0.717, 1.165) is 6.20 Å². The van der Waals surface area contributed by atoms with Crippen LogP contribution in [0.1, 0.15) is 16.1 Å². The van der Waals surface area contributed by atoms with Gasteiger partial charge in [0.1, 0.15) is 13.2 Å². The molecule has 0 radical (unpaired) electrons. The van der Waals surface area contributed by atoms with Gasteiger partial charge in [0, 0.05) is 17.8 Å². The summed E-state index contributed by atoms with van der Waals surface area (Å²) in [6.07, 6.45) is -4.06. The van der Waals surface area contributed by atoms with E-state index in [4.69, 9.17) is 14.2 Å².